The average Bonchev–Trinajstić information content (AvgIpc) is 2.48. The third-order valence-electron chi connectivity index (χ3n) is 4.05. The molecule has 0 spiro atoms. The lowest BCUT2D eigenvalue weighted by molar-refractivity contribution is 0.0606. The van der Waals surface area contributed by atoms with Gasteiger partial charge in [0.05, 0.1) is 0 Å². The first kappa shape index (κ1) is 13.7. The summed E-state index contributed by atoms with van der Waals surface area (Å²) in [6, 6.07) is 7.90. The monoisotopic (exact) mass is 276 g/mol. The van der Waals surface area contributed by atoms with Crippen LogP contribution in [0.1, 0.15) is 12.8 Å². The SMILES string of the molecule is CN(CC1CCCNC1)CC1COc2ccccc2O1. The second kappa shape index (κ2) is 6.46. The highest BCUT2D eigenvalue weighted by Gasteiger charge is 2.23. The van der Waals surface area contributed by atoms with Crippen LogP contribution in [-0.4, -0.2) is 50.8 Å². The molecule has 1 aromatic rings. The normalized spacial score (nSPS) is 25.7. The summed E-state index contributed by atoms with van der Waals surface area (Å²) >= 11 is 0. The van der Waals surface area contributed by atoms with Gasteiger partial charge in [0.15, 0.2) is 11.5 Å². The summed E-state index contributed by atoms with van der Waals surface area (Å²) in [5.74, 6) is 2.50. The van der Waals surface area contributed by atoms with Crippen molar-refractivity contribution in [2.24, 2.45) is 5.92 Å². The van der Waals surface area contributed by atoms with Gasteiger partial charge in [-0.15, -0.1) is 0 Å². The Labute approximate surface area is 121 Å². The van der Waals surface area contributed by atoms with E-state index in [1.807, 2.05) is 24.3 Å². The fourth-order valence-corrected chi connectivity index (χ4v) is 3.10. The topological polar surface area (TPSA) is 33.7 Å². The molecule has 4 heteroatoms. The summed E-state index contributed by atoms with van der Waals surface area (Å²) in [4.78, 5) is 2.37. The third-order valence-corrected chi connectivity index (χ3v) is 4.05. The van der Waals surface area contributed by atoms with E-state index >= 15 is 0 Å². The van der Waals surface area contributed by atoms with Crippen molar-refractivity contribution in [2.75, 3.05) is 39.8 Å². The molecule has 1 saturated heterocycles. The molecule has 3 rings (SSSR count). The molecular weight excluding hydrogens is 252 g/mol. The number of nitrogens with one attached hydrogen (secondary N) is 1. The number of fused-ring (bicyclic) bond motifs is 1. The fraction of sp³-hybridized carbons (Fsp3) is 0.625. The summed E-state index contributed by atoms with van der Waals surface area (Å²) in [5.41, 5.74) is 0. The second-order valence-corrected chi connectivity index (χ2v) is 5.93. The van der Waals surface area contributed by atoms with Gasteiger partial charge in [0.25, 0.3) is 0 Å². The first-order valence-corrected chi connectivity index (χ1v) is 7.59. The zero-order valence-corrected chi connectivity index (χ0v) is 12.2. The van der Waals surface area contributed by atoms with Crippen LogP contribution in [0.4, 0.5) is 0 Å². The van der Waals surface area contributed by atoms with Gasteiger partial charge in [0.2, 0.25) is 0 Å². The molecule has 4 nitrogen and oxygen atoms in total. The molecule has 2 unspecified atom stereocenters. The molecule has 0 aliphatic carbocycles. The van der Waals surface area contributed by atoms with Gasteiger partial charge in [-0.2, -0.15) is 0 Å². The van der Waals surface area contributed by atoms with E-state index in [2.05, 4.69) is 17.3 Å². The zero-order valence-electron chi connectivity index (χ0n) is 12.2. The predicted molar refractivity (Wildman–Crippen MR) is 79.4 cm³/mol. The Morgan fingerprint density at radius 3 is 2.90 bits per heavy atom. The fourth-order valence-electron chi connectivity index (χ4n) is 3.10. The van der Waals surface area contributed by atoms with Crippen molar-refractivity contribution < 1.29 is 9.47 Å². The van der Waals surface area contributed by atoms with Crippen molar-refractivity contribution >= 4 is 0 Å². The van der Waals surface area contributed by atoms with Gasteiger partial charge in [-0.1, -0.05) is 12.1 Å². The number of nitrogens with zero attached hydrogens (tertiary/aromatic N) is 1. The molecule has 0 amide bonds. The summed E-state index contributed by atoms with van der Waals surface area (Å²) in [7, 11) is 2.18. The first-order valence-electron chi connectivity index (χ1n) is 7.59. The molecule has 1 N–H and O–H groups in total. The quantitative estimate of drug-likeness (QED) is 0.908. The minimum absolute atomic E-state index is 0.131. The molecule has 2 heterocycles. The number of para-hydroxylation sites is 2. The lowest BCUT2D eigenvalue weighted by atomic mass is 9.99. The van der Waals surface area contributed by atoms with Crippen molar-refractivity contribution in [3.63, 3.8) is 0 Å². The van der Waals surface area contributed by atoms with E-state index < -0.39 is 0 Å². The van der Waals surface area contributed by atoms with Crippen LogP contribution >= 0.6 is 0 Å². The minimum Gasteiger partial charge on any atom is -0.486 e. The molecule has 1 fully saturated rings. The van der Waals surface area contributed by atoms with Crippen LogP contribution in [0.5, 0.6) is 11.5 Å². The maximum Gasteiger partial charge on any atom is 0.161 e. The van der Waals surface area contributed by atoms with E-state index in [4.69, 9.17) is 9.47 Å². The van der Waals surface area contributed by atoms with E-state index in [1.54, 1.807) is 0 Å². The summed E-state index contributed by atoms with van der Waals surface area (Å²) in [5, 5.41) is 3.47. The van der Waals surface area contributed by atoms with Crippen molar-refractivity contribution in [3.05, 3.63) is 24.3 Å². The molecule has 2 atom stereocenters. The maximum atomic E-state index is 6.01. The number of hydrogen-bond acceptors (Lipinski definition) is 4. The molecule has 0 radical (unpaired) electrons. The van der Waals surface area contributed by atoms with Crippen molar-refractivity contribution in [3.8, 4) is 11.5 Å². The molecular formula is C16H24N2O2. The van der Waals surface area contributed by atoms with E-state index in [-0.39, 0.29) is 6.10 Å². The van der Waals surface area contributed by atoms with Crippen LogP contribution < -0.4 is 14.8 Å². The number of rotatable bonds is 4. The largest absolute Gasteiger partial charge is 0.486 e. The Kier molecular flexibility index (Phi) is 4.43. The van der Waals surface area contributed by atoms with Crippen molar-refractivity contribution in [1.82, 2.24) is 10.2 Å². The van der Waals surface area contributed by atoms with Gasteiger partial charge in [0.1, 0.15) is 12.7 Å². The van der Waals surface area contributed by atoms with Crippen LogP contribution in [-0.2, 0) is 0 Å². The smallest absolute Gasteiger partial charge is 0.161 e. The van der Waals surface area contributed by atoms with E-state index in [0.717, 1.165) is 37.1 Å². The number of piperidine rings is 1. The number of likely N-dealkylation sites (N-methyl/N-ethyl adjacent to an activating group) is 1. The van der Waals surface area contributed by atoms with E-state index in [1.165, 1.54) is 19.4 Å². The molecule has 2 aliphatic rings. The zero-order chi connectivity index (χ0) is 13.8. The van der Waals surface area contributed by atoms with Gasteiger partial charge in [0, 0.05) is 13.1 Å². The summed E-state index contributed by atoms with van der Waals surface area (Å²) < 4.78 is 11.8. The lowest BCUT2D eigenvalue weighted by Gasteiger charge is -2.32. The van der Waals surface area contributed by atoms with Crippen LogP contribution in [0.3, 0.4) is 0 Å². The molecule has 2 aliphatic heterocycles. The number of benzene rings is 1. The van der Waals surface area contributed by atoms with Crippen molar-refractivity contribution in [1.29, 1.82) is 0 Å². The molecule has 110 valence electrons. The number of ether oxygens (including phenoxy) is 2. The molecule has 0 saturated carbocycles. The Morgan fingerprint density at radius 2 is 2.10 bits per heavy atom. The third kappa shape index (κ3) is 3.44. The highest BCUT2D eigenvalue weighted by Crippen LogP contribution is 2.31. The first-order chi connectivity index (χ1) is 9.81. The van der Waals surface area contributed by atoms with Crippen LogP contribution in [0.15, 0.2) is 24.3 Å². The van der Waals surface area contributed by atoms with Crippen LogP contribution in [0.25, 0.3) is 0 Å². The molecule has 20 heavy (non-hydrogen) atoms. The maximum absolute atomic E-state index is 6.01. The van der Waals surface area contributed by atoms with Gasteiger partial charge in [-0.3, -0.25) is 0 Å². The van der Waals surface area contributed by atoms with Gasteiger partial charge in [-0.05, 0) is 51.0 Å². The van der Waals surface area contributed by atoms with Gasteiger partial charge < -0.3 is 19.7 Å². The van der Waals surface area contributed by atoms with Crippen molar-refractivity contribution in [2.45, 2.75) is 18.9 Å². The molecule has 0 aromatic heterocycles. The van der Waals surface area contributed by atoms with Crippen LogP contribution in [0.2, 0.25) is 0 Å². The minimum atomic E-state index is 0.131. The number of hydrogen-bond donors (Lipinski definition) is 1. The molecule has 1 aromatic carbocycles. The average molecular weight is 276 g/mol. The van der Waals surface area contributed by atoms with Gasteiger partial charge in [-0.25, -0.2) is 0 Å². The van der Waals surface area contributed by atoms with Crippen LogP contribution in [0, 0.1) is 5.92 Å². The summed E-state index contributed by atoms with van der Waals surface area (Å²) in [6.45, 7) is 5.02. The molecule has 0 bridgehead atoms. The highest BCUT2D eigenvalue weighted by atomic mass is 16.6. The lowest BCUT2D eigenvalue weighted by Crippen LogP contribution is -2.43. The van der Waals surface area contributed by atoms with E-state index in [0.29, 0.717) is 6.61 Å². The Bertz CT molecular complexity index is 432. The standard InChI is InChI=1S/C16H24N2O2/c1-18(10-13-5-4-8-17-9-13)11-14-12-19-15-6-2-3-7-16(15)20-14/h2-3,6-7,13-14,17H,4-5,8-12H2,1H3. The Balaban J connectivity index is 1.48. The second-order valence-electron chi connectivity index (χ2n) is 5.93. The Morgan fingerprint density at radius 1 is 1.25 bits per heavy atom. The van der Waals surface area contributed by atoms with E-state index in [9.17, 15) is 0 Å². The highest BCUT2D eigenvalue weighted by molar-refractivity contribution is 5.40. The Hall–Kier alpha value is -1.26. The predicted octanol–water partition coefficient (Wildman–Crippen LogP) is 1.76. The summed E-state index contributed by atoms with van der Waals surface area (Å²) in [6.07, 6.45) is 2.77. The van der Waals surface area contributed by atoms with Gasteiger partial charge >= 0.3 is 0 Å².